The fourth-order valence-electron chi connectivity index (χ4n) is 3.02. The van der Waals surface area contributed by atoms with Crippen LogP contribution in [-0.4, -0.2) is 76.8 Å². The summed E-state index contributed by atoms with van der Waals surface area (Å²) in [6.07, 6.45) is -4.83. The number of aliphatic imine (C=N–C) groups is 1. The first kappa shape index (κ1) is 19.1. The number of hydrogen-bond acceptors (Lipinski definition) is 6. The van der Waals surface area contributed by atoms with Gasteiger partial charge in [0, 0.05) is 26.2 Å². The smallest absolute Gasteiger partial charge is 0.573 e. The van der Waals surface area contributed by atoms with Gasteiger partial charge in [-0.25, -0.2) is 4.99 Å². The van der Waals surface area contributed by atoms with Gasteiger partial charge in [0.05, 0.1) is 13.1 Å². The Kier molecular flexibility index (Phi) is 5.83. The SMILES string of the molecule is CCN1CCN(C2=NCCN2[S+]([O-])c2ccccc2OC(F)(F)F)CC1. The highest BCUT2D eigenvalue weighted by molar-refractivity contribution is 7.89. The molecule has 144 valence electrons. The number of alkyl halides is 3. The molecular weight excluding hydrogens is 369 g/mol. The maximum absolute atomic E-state index is 13.0. The molecule has 3 rings (SSSR count). The molecule has 1 aromatic rings. The molecule has 1 saturated heterocycles. The molecule has 0 amide bonds. The van der Waals surface area contributed by atoms with Gasteiger partial charge in [-0.05, 0) is 18.7 Å². The van der Waals surface area contributed by atoms with E-state index in [9.17, 15) is 17.7 Å². The monoisotopic (exact) mass is 390 g/mol. The lowest BCUT2D eigenvalue weighted by Gasteiger charge is -2.37. The summed E-state index contributed by atoms with van der Waals surface area (Å²) < 4.78 is 56.5. The van der Waals surface area contributed by atoms with Crippen molar-refractivity contribution in [2.24, 2.45) is 4.99 Å². The quantitative estimate of drug-likeness (QED) is 0.736. The highest BCUT2D eigenvalue weighted by atomic mass is 32.2. The van der Waals surface area contributed by atoms with Crippen molar-refractivity contribution < 1.29 is 22.5 Å². The number of ether oxygens (including phenoxy) is 1. The third-order valence-corrected chi connectivity index (χ3v) is 5.80. The summed E-state index contributed by atoms with van der Waals surface area (Å²) in [7, 11) is 0. The number of rotatable bonds is 4. The Morgan fingerprint density at radius 3 is 2.50 bits per heavy atom. The van der Waals surface area contributed by atoms with Gasteiger partial charge in [0.15, 0.2) is 5.75 Å². The number of hydrogen-bond donors (Lipinski definition) is 0. The molecule has 1 atom stereocenters. The fourth-order valence-corrected chi connectivity index (χ4v) is 4.30. The molecule has 1 aromatic carbocycles. The summed E-state index contributed by atoms with van der Waals surface area (Å²) in [5, 5.41) is 0. The normalized spacial score (nSPS) is 20.3. The van der Waals surface area contributed by atoms with E-state index >= 15 is 0 Å². The Balaban J connectivity index is 1.76. The Hall–Kier alpha value is -1.65. The van der Waals surface area contributed by atoms with E-state index in [0.717, 1.165) is 32.7 Å². The van der Waals surface area contributed by atoms with Crippen molar-refractivity contribution >= 4 is 17.3 Å². The number of piperazine rings is 1. The summed E-state index contributed by atoms with van der Waals surface area (Å²) in [6.45, 7) is 7.20. The minimum absolute atomic E-state index is 0.00776. The maximum Gasteiger partial charge on any atom is 0.573 e. The third-order valence-electron chi connectivity index (χ3n) is 4.34. The molecule has 6 nitrogen and oxygen atoms in total. The van der Waals surface area contributed by atoms with Crippen molar-refractivity contribution in [2.75, 3.05) is 45.8 Å². The molecular formula is C16H21F3N4O2S. The van der Waals surface area contributed by atoms with Crippen LogP contribution in [0, 0.1) is 0 Å². The van der Waals surface area contributed by atoms with E-state index in [2.05, 4.69) is 21.6 Å². The molecule has 0 saturated carbocycles. The van der Waals surface area contributed by atoms with Crippen LogP contribution in [0.1, 0.15) is 6.92 Å². The second kappa shape index (κ2) is 7.93. The zero-order valence-electron chi connectivity index (χ0n) is 14.4. The van der Waals surface area contributed by atoms with Gasteiger partial charge in [0.1, 0.15) is 11.4 Å². The molecule has 0 bridgehead atoms. The molecule has 0 N–H and O–H groups in total. The zero-order chi connectivity index (χ0) is 18.7. The third kappa shape index (κ3) is 4.36. The van der Waals surface area contributed by atoms with Crippen molar-refractivity contribution in [1.29, 1.82) is 0 Å². The van der Waals surface area contributed by atoms with Crippen LogP contribution in [0.2, 0.25) is 0 Å². The van der Waals surface area contributed by atoms with Crippen LogP contribution in [0.25, 0.3) is 0 Å². The topological polar surface area (TPSA) is 54.4 Å². The highest BCUT2D eigenvalue weighted by Crippen LogP contribution is 2.32. The Bertz CT molecular complexity index is 651. The van der Waals surface area contributed by atoms with E-state index in [0.29, 0.717) is 19.0 Å². The molecule has 2 heterocycles. The second-order valence-electron chi connectivity index (χ2n) is 5.95. The van der Waals surface area contributed by atoms with Crippen LogP contribution in [-0.2, 0) is 11.4 Å². The summed E-state index contributed by atoms with van der Waals surface area (Å²) in [6, 6.07) is 5.53. The standard InChI is InChI=1S/C16H21F3N4O2S/c1-2-21-9-11-22(12-10-21)15-20-7-8-23(15)26(24)14-6-4-3-5-13(14)25-16(17,18)19/h3-6H,2,7-12H2,1H3. The van der Waals surface area contributed by atoms with Gasteiger partial charge in [-0.3, -0.25) is 0 Å². The van der Waals surface area contributed by atoms with Crippen LogP contribution >= 0.6 is 0 Å². The summed E-state index contributed by atoms with van der Waals surface area (Å²) in [5.74, 6) is 0.140. The number of likely N-dealkylation sites (N-methyl/N-ethyl adjacent to an activating group) is 1. The van der Waals surface area contributed by atoms with Gasteiger partial charge in [-0.1, -0.05) is 19.1 Å². The van der Waals surface area contributed by atoms with Crippen LogP contribution in [0.15, 0.2) is 34.2 Å². The van der Waals surface area contributed by atoms with Crippen molar-refractivity contribution in [3.8, 4) is 5.75 Å². The lowest BCUT2D eigenvalue weighted by atomic mass is 10.3. The highest BCUT2D eigenvalue weighted by Gasteiger charge is 2.39. The van der Waals surface area contributed by atoms with Crippen LogP contribution in [0.3, 0.4) is 0 Å². The Labute approximate surface area is 153 Å². The van der Waals surface area contributed by atoms with Gasteiger partial charge in [0.25, 0.3) is 0 Å². The molecule has 2 aliphatic rings. The summed E-state index contributed by atoms with van der Waals surface area (Å²) in [4.78, 5) is 8.78. The Morgan fingerprint density at radius 1 is 1.15 bits per heavy atom. The van der Waals surface area contributed by atoms with Gasteiger partial charge in [-0.2, -0.15) is 4.31 Å². The summed E-state index contributed by atoms with van der Waals surface area (Å²) >= 11 is -1.83. The van der Waals surface area contributed by atoms with E-state index in [1.807, 2.05) is 4.90 Å². The van der Waals surface area contributed by atoms with Gasteiger partial charge in [-0.15, -0.1) is 13.2 Å². The molecule has 26 heavy (non-hydrogen) atoms. The molecule has 0 aliphatic carbocycles. The number of nitrogens with zero attached hydrogens (tertiary/aromatic N) is 4. The zero-order valence-corrected chi connectivity index (χ0v) is 15.2. The molecule has 10 heteroatoms. The number of halogens is 3. The van der Waals surface area contributed by atoms with Gasteiger partial charge < -0.3 is 19.1 Å². The van der Waals surface area contributed by atoms with Gasteiger partial charge >= 0.3 is 6.36 Å². The number of para-hydroxylation sites is 1. The van der Waals surface area contributed by atoms with Gasteiger partial charge in [0.2, 0.25) is 10.9 Å². The maximum atomic E-state index is 13.0. The second-order valence-corrected chi connectivity index (χ2v) is 7.33. The van der Waals surface area contributed by atoms with Crippen molar-refractivity contribution in [3.63, 3.8) is 0 Å². The van der Waals surface area contributed by atoms with E-state index in [-0.39, 0.29) is 4.90 Å². The fraction of sp³-hybridized carbons (Fsp3) is 0.562. The predicted molar refractivity (Wildman–Crippen MR) is 92.2 cm³/mol. The van der Waals surface area contributed by atoms with Crippen molar-refractivity contribution in [1.82, 2.24) is 14.1 Å². The van der Waals surface area contributed by atoms with E-state index in [4.69, 9.17) is 0 Å². The Morgan fingerprint density at radius 2 is 1.85 bits per heavy atom. The largest absolute Gasteiger partial charge is 0.588 e. The first-order valence-electron chi connectivity index (χ1n) is 8.45. The average molecular weight is 390 g/mol. The number of benzene rings is 1. The molecule has 0 radical (unpaired) electrons. The van der Waals surface area contributed by atoms with Crippen molar-refractivity contribution in [2.45, 2.75) is 18.2 Å². The number of guanidine groups is 1. The van der Waals surface area contributed by atoms with Crippen LogP contribution in [0.4, 0.5) is 13.2 Å². The molecule has 0 aromatic heterocycles. The lowest BCUT2D eigenvalue weighted by Crippen LogP contribution is -2.53. The minimum Gasteiger partial charge on any atom is -0.588 e. The van der Waals surface area contributed by atoms with Crippen LogP contribution in [0.5, 0.6) is 5.75 Å². The van der Waals surface area contributed by atoms with Crippen LogP contribution < -0.4 is 4.74 Å². The molecule has 2 aliphatic heterocycles. The average Bonchev–Trinajstić information content (AvgIpc) is 3.10. The lowest BCUT2D eigenvalue weighted by molar-refractivity contribution is -0.275. The van der Waals surface area contributed by atoms with Crippen molar-refractivity contribution in [3.05, 3.63) is 24.3 Å². The van der Waals surface area contributed by atoms with E-state index in [1.54, 1.807) is 10.4 Å². The van der Waals surface area contributed by atoms with E-state index < -0.39 is 23.5 Å². The molecule has 1 fully saturated rings. The molecule has 0 spiro atoms. The predicted octanol–water partition coefficient (Wildman–Crippen LogP) is 1.92. The molecule has 1 unspecified atom stereocenters. The minimum atomic E-state index is -4.83. The first-order valence-corrected chi connectivity index (χ1v) is 9.55. The van der Waals surface area contributed by atoms with E-state index in [1.165, 1.54) is 18.2 Å². The first-order chi connectivity index (χ1) is 12.4. The summed E-state index contributed by atoms with van der Waals surface area (Å²) in [5.41, 5.74) is 0.